The van der Waals surface area contributed by atoms with Gasteiger partial charge in [-0.25, -0.2) is 4.79 Å². The molecule has 9 aromatic rings. The summed E-state index contributed by atoms with van der Waals surface area (Å²) in [6.07, 6.45) is -4.45. The van der Waals surface area contributed by atoms with Crippen molar-refractivity contribution >= 4 is 107 Å². The summed E-state index contributed by atoms with van der Waals surface area (Å²) in [5, 5.41) is 6.21. The number of hydrogen-bond acceptors (Lipinski definition) is 11. The van der Waals surface area contributed by atoms with E-state index in [-0.39, 0.29) is 33.4 Å². The molecule has 410 valence electrons. The van der Waals surface area contributed by atoms with E-state index in [0.29, 0.717) is 39.3 Å². The number of rotatable bonds is 6. The SMILES string of the molecule is Cc1cc(N)ccc1-c1ccc(N)cc1C(F)(F)F.Nc1cc(N)cc(C(=O)O)c1.Nc1ccc2c(c1)-c1cc(N)ccc1C21c2ccccc2-c2ccccc21.O=C(Cl)c1ccc(C(=O)Cl)cc1.O=C(Cl)c1cccc(C(=O)Cl)c1. The molecule has 0 fully saturated rings. The number of benzene rings is 9. The maximum atomic E-state index is 13.0. The Balaban J connectivity index is 0.000000154. The van der Waals surface area contributed by atoms with Gasteiger partial charge in [-0.3, -0.25) is 19.2 Å². The lowest BCUT2D eigenvalue weighted by molar-refractivity contribution is -0.137. The Morgan fingerprint density at radius 2 is 0.753 bits per heavy atom. The standard InChI is InChI=1S/C25H18N2.C14H13F3N2.2C8H4Cl2O2.C7H8N2O2/c26-15-9-11-23-19(13-15)20-14-16(27)10-12-24(20)25(23)21-7-3-1-5-17(21)18-6-2-4-8-22(18)25;1-8-6-9(18)2-4-11(8)12-5-3-10(19)7-13(12)14(15,16)17;9-7(11)5-1-2-6(4-3-5)8(10)12;9-7(11)5-2-1-3-6(4-5)8(10)12;8-5-1-4(7(10)11)2-6(9)3-5/h1-14H,26-27H2;2-7H,18-19H2,1H3;2*1-4H;1-3H,8-9H2,(H,10,11). The van der Waals surface area contributed by atoms with Gasteiger partial charge in [-0.05, 0) is 212 Å². The van der Waals surface area contributed by atoms with E-state index in [4.69, 9.17) is 85.9 Å². The lowest BCUT2D eigenvalue weighted by atomic mass is 9.70. The molecule has 0 radical (unpaired) electrons. The number of nitrogens with two attached hydrogens (primary N) is 6. The lowest BCUT2D eigenvalue weighted by Gasteiger charge is -2.30. The number of aromatic carboxylic acids is 1. The molecular formula is C62H47Cl4F3N6O6. The highest BCUT2D eigenvalue weighted by atomic mass is 35.5. The van der Waals surface area contributed by atoms with E-state index in [9.17, 15) is 37.1 Å². The van der Waals surface area contributed by atoms with Crippen molar-refractivity contribution < 1.29 is 42.3 Å². The van der Waals surface area contributed by atoms with Gasteiger partial charge in [0.2, 0.25) is 0 Å². The first-order valence-corrected chi connectivity index (χ1v) is 25.5. The van der Waals surface area contributed by atoms with E-state index < -0.39 is 38.7 Å². The summed E-state index contributed by atoms with van der Waals surface area (Å²) in [6, 6.07) is 54.7. The van der Waals surface area contributed by atoms with Crippen molar-refractivity contribution in [1.82, 2.24) is 0 Å². The van der Waals surface area contributed by atoms with Gasteiger partial charge >= 0.3 is 12.1 Å². The fourth-order valence-electron chi connectivity index (χ4n) is 9.50. The largest absolute Gasteiger partial charge is 0.478 e. The Bertz CT molecular complexity index is 3750. The highest BCUT2D eigenvalue weighted by Gasteiger charge is 2.51. The molecule has 0 aliphatic heterocycles. The van der Waals surface area contributed by atoms with Crippen molar-refractivity contribution in [2.45, 2.75) is 18.5 Å². The van der Waals surface area contributed by atoms with Crippen molar-refractivity contribution in [2.75, 3.05) is 34.4 Å². The number of halogens is 7. The van der Waals surface area contributed by atoms with Crippen LogP contribution in [0.2, 0.25) is 0 Å². The molecule has 0 saturated carbocycles. The summed E-state index contributed by atoms with van der Waals surface area (Å²) in [6.45, 7) is 1.72. The Morgan fingerprint density at radius 1 is 0.370 bits per heavy atom. The second kappa shape index (κ2) is 24.9. The van der Waals surface area contributed by atoms with Crippen LogP contribution in [-0.4, -0.2) is 32.0 Å². The second-order valence-corrected chi connectivity index (χ2v) is 19.6. The average Bonchev–Trinajstić information content (AvgIpc) is 3.50. The minimum Gasteiger partial charge on any atom is -0.478 e. The van der Waals surface area contributed by atoms with E-state index in [1.165, 1.54) is 117 Å². The number of carboxylic acids is 1. The third kappa shape index (κ3) is 13.3. The summed E-state index contributed by atoms with van der Waals surface area (Å²) >= 11 is 20.7. The lowest BCUT2D eigenvalue weighted by Crippen LogP contribution is -2.25. The fraction of sp³-hybridized carbons (Fsp3) is 0.0484. The first-order chi connectivity index (χ1) is 38.3. The van der Waals surface area contributed by atoms with Crippen molar-refractivity contribution in [3.05, 3.63) is 249 Å². The van der Waals surface area contributed by atoms with Gasteiger partial charge < -0.3 is 39.5 Å². The Labute approximate surface area is 482 Å². The second-order valence-electron chi connectivity index (χ2n) is 18.3. The number of carbonyl (C=O) groups excluding carboxylic acids is 4. The van der Waals surface area contributed by atoms with Gasteiger partial charge in [-0.1, -0.05) is 91.0 Å². The predicted molar refractivity (Wildman–Crippen MR) is 318 cm³/mol. The molecule has 0 heterocycles. The normalized spacial score (nSPS) is 11.7. The molecule has 0 amide bonds. The Hall–Kier alpha value is -9.12. The molecule has 2 aliphatic carbocycles. The van der Waals surface area contributed by atoms with Gasteiger partial charge in [0.25, 0.3) is 21.0 Å². The first-order valence-electron chi connectivity index (χ1n) is 24.0. The molecule has 0 atom stereocenters. The molecule has 1 spiro atoms. The van der Waals surface area contributed by atoms with Gasteiger partial charge in [-0.15, -0.1) is 0 Å². The van der Waals surface area contributed by atoms with Crippen molar-refractivity contribution in [3.8, 4) is 33.4 Å². The molecule has 0 saturated heterocycles. The highest BCUT2D eigenvalue weighted by molar-refractivity contribution is 6.69. The highest BCUT2D eigenvalue weighted by Crippen LogP contribution is 2.63. The van der Waals surface area contributed by atoms with Crippen LogP contribution in [0.25, 0.3) is 33.4 Å². The van der Waals surface area contributed by atoms with E-state index in [0.717, 1.165) is 17.4 Å². The zero-order valence-corrected chi connectivity index (χ0v) is 45.5. The number of nitrogen functional groups attached to an aromatic ring is 6. The monoisotopic (exact) mass is 1170 g/mol. The van der Waals surface area contributed by atoms with Crippen LogP contribution in [0.15, 0.2) is 188 Å². The van der Waals surface area contributed by atoms with Crippen LogP contribution in [0.3, 0.4) is 0 Å². The average molecular weight is 1170 g/mol. The molecule has 19 heteroatoms. The number of aryl methyl sites for hydroxylation is 1. The number of carboxylic acid groups (broad SMARTS) is 1. The zero-order valence-electron chi connectivity index (χ0n) is 42.5. The summed E-state index contributed by atoms with van der Waals surface area (Å²) in [7, 11) is 0. The van der Waals surface area contributed by atoms with Crippen LogP contribution < -0.4 is 34.4 Å². The summed E-state index contributed by atoms with van der Waals surface area (Å²) in [4.78, 5) is 52.8. The van der Waals surface area contributed by atoms with Crippen LogP contribution in [0, 0.1) is 6.92 Å². The molecule has 9 aromatic carbocycles. The maximum absolute atomic E-state index is 13.0. The van der Waals surface area contributed by atoms with Gasteiger partial charge in [-0.2, -0.15) is 13.2 Å². The molecule has 0 aromatic heterocycles. The molecule has 0 unspecified atom stereocenters. The van der Waals surface area contributed by atoms with Gasteiger partial charge in [0, 0.05) is 56.4 Å². The number of hydrogen-bond donors (Lipinski definition) is 7. The summed E-state index contributed by atoms with van der Waals surface area (Å²) in [5.41, 5.74) is 48.8. The van der Waals surface area contributed by atoms with Crippen molar-refractivity contribution in [3.63, 3.8) is 0 Å². The third-order valence-corrected chi connectivity index (χ3v) is 13.8. The number of fused-ring (bicyclic) bond motifs is 10. The minimum atomic E-state index is -4.45. The Kier molecular flexibility index (Phi) is 18.3. The van der Waals surface area contributed by atoms with E-state index in [2.05, 4.69) is 72.8 Å². The van der Waals surface area contributed by atoms with E-state index in [1.54, 1.807) is 31.2 Å². The van der Waals surface area contributed by atoms with Crippen LogP contribution in [0.5, 0.6) is 0 Å². The molecule has 11 rings (SSSR count). The summed E-state index contributed by atoms with van der Waals surface area (Å²) in [5.74, 6) is -1.02. The van der Waals surface area contributed by atoms with Crippen LogP contribution >= 0.6 is 46.4 Å². The topological polar surface area (TPSA) is 262 Å². The predicted octanol–water partition coefficient (Wildman–Crippen LogP) is 14.5. The number of anilines is 6. The quantitative estimate of drug-likeness (QED) is 0.0606. The van der Waals surface area contributed by atoms with Crippen LogP contribution in [0.1, 0.15) is 85.2 Å². The summed E-state index contributed by atoms with van der Waals surface area (Å²) < 4.78 is 39.1. The van der Waals surface area contributed by atoms with E-state index >= 15 is 0 Å². The third-order valence-electron chi connectivity index (χ3n) is 12.9. The Morgan fingerprint density at radius 3 is 1.16 bits per heavy atom. The van der Waals surface area contributed by atoms with Gasteiger partial charge in [0.15, 0.2) is 0 Å². The van der Waals surface area contributed by atoms with Gasteiger partial charge in [0.05, 0.1) is 16.5 Å². The molecule has 12 nitrogen and oxygen atoms in total. The van der Waals surface area contributed by atoms with Crippen molar-refractivity contribution in [2.24, 2.45) is 0 Å². The van der Waals surface area contributed by atoms with Crippen molar-refractivity contribution in [1.29, 1.82) is 0 Å². The molecule has 13 N–H and O–H groups in total. The minimum absolute atomic E-state index is 0.0872. The number of alkyl halides is 3. The zero-order chi connectivity index (χ0) is 59.1. The molecular weight excluding hydrogens is 1120 g/mol. The van der Waals surface area contributed by atoms with Crippen LogP contribution in [-0.2, 0) is 11.6 Å². The smallest absolute Gasteiger partial charge is 0.417 e. The van der Waals surface area contributed by atoms with Gasteiger partial charge in [0.1, 0.15) is 0 Å². The first kappa shape index (κ1) is 59.5. The van der Waals surface area contributed by atoms with E-state index in [1.807, 2.05) is 12.1 Å². The molecule has 81 heavy (non-hydrogen) atoms. The fourth-order valence-corrected chi connectivity index (χ4v) is 9.99. The number of carbonyl (C=O) groups is 5. The molecule has 0 bridgehead atoms. The molecule has 2 aliphatic rings. The van der Waals surface area contributed by atoms with Crippen LogP contribution in [0.4, 0.5) is 47.3 Å². The maximum Gasteiger partial charge on any atom is 0.417 e.